The second kappa shape index (κ2) is 24.1. The number of carbonyl (C=O) groups is 8. The van der Waals surface area contributed by atoms with Gasteiger partial charge in [-0.2, -0.15) is 8.78 Å². The van der Waals surface area contributed by atoms with Gasteiger partial charge in [-0.15, -0.1) is 0 Å². The Hall–Kier alpha value is -5.34. The van der Waals surface area contributed by atoms with E-state index in [1.54, 1.807) is 65.0 Å². The first-order valence-corrected chi connectivity index (χ1v) is 23.9. The molecule has 0 aromatic heterocycles. The fourth-order valence-electron chi connectivity index (χ4n) is 8.75. The molecular weight excluding hydrogens is 863 g/mol. The van der Waals surface area contributed by atoms with Gasteiger partial charge < -0.3 is 25.2 Å². The lowest BCUT2D eigenvalue weighted by atomic mass is 9.86. The van der Waals surface area contributed by atoms with Crippen LogP contribution in [-0.2, 0) is 51.3 Å². The van der Waals surface area contributed by atoms with Gasteiger partial charge in [0.1, 0.15) is 23.7 Å². The molecule has 4 amide bonds. The summed E-state index contributed by atoms with van der Waals surface area (Å²) in [5, 5.41) is 5.06. The molecule has 368 valence electrons. The van der Waals surface area contributed by atoms with Crippen LogP contribution in [0.2, 0.25) is 0 Å². The van der Waals surface area contributed by atoms with Crippen molar-refractivity contribution >= 4 is 46.9 Å². The van der Waals surface area contributed by atoms with Gasteiger partial charge in [0.15, 0.2) is 5.78 Å². The van der Waals surface area contributed by atoms with Gasteiger partial charge in [0.25, 0.3) is 5.91 Å². The van der Waals surface area contributed by atoms with Crippen molar-refractivity contribution in [2.45, 2.75) is 163 Å². The van der Waals surface area contributed by atoms with Crippen LogP contribution in [0.1, 0.15) is 143 Å². The first-order chi connectivity index (χ1) is 31.5. The lowest BCUT2D eigenvalue weighted by Gasteiger charge is -2.32. The highest BCUT2D eigenvalue weighted by atomic mass is 19.3. The molecule has 0 spiro atoms. The van der Waals surface area contributed by atoms with Crippen LogP contribution in [-0.4, -0.2) is 93.9 Å². The fourth-order valence-corrected chi connectivity index (χ4v) is 8.75. The van der Waals surface area contributed by atoms with E-state index in [1.165, 1.54) is 16.7 Å². The van der Waals surface area contributed by atoms with Crippen molar-refractivity contribution < 1.29 is 51.9 Å². The number of fused-ring (bicyclic) bond motifs is 1. The molecule has 15 heteroatoms. The summed E-state index contributed by atoms with van der Waals surface area (Å²) >= 11 is 0. The molecule has 0 aliphatic carbocycles. The Bertz CT molecular complexity index is 2090. The van der Waals surface area contributed by atoms with Crippen molar-refractivity contribution in [3.05, 3.63) is 71.3 Å². The fraction of sp³-hybridized carbons (Fsp3) is 0.615. The third-order valence-electron chi connectivity index (χ3n) is 13.0. The number of amides is 4. The number of ketones is 4. The largest absolute Gasteiger partial charge is 0.444 e. The SMILES string of the molecule is CCC[C@H](CC(=O)[C@@H]1C[C@@H](OC(=O)N2CCc3ccccc3C2)CN1C(=O)[C@@H](NC(=O)[C@@H](CC(=O)CCCCC(=O)C(C)(C)C)C(C)C)C(C)C)C(=O)C(F)(F)C(=O)N[C@@H](C)c1ccccc1. The minimum atomic E-state index is -4.48. The highest BCUT2D eigenvalue weighted by Crippen LogP contribution is 2.32. The number of halogens is 2. The minimum Gasteiger partial charge on any atom is -0.444 e. The predicted octanol–water partition coefficient (Wildman–Crippen LogP) is 8.16. The van der Waals surface area contributed by atoms with E-state index in [-0.39, 0.29) is 62.7 Å². The number of hydrogen-bond donors (Lipinski definition) is 2. The van der Waals surface area contributed by atoms with Gasteiger partial charge >= 0.3 is 12.0 Å². The Morgan fingerprint density at radius 2 is 1.43 bits per heavy atom. The maximum atomic E-state index is 15.8. The van der Waals surface area contributed by atoms with E-state index in [2.05, 4.69) is 10.6 Å². The van der Waals surface area contributed by atoms with Gasteiger partial charge in [-0.05, 0) is 61.1 Å². The number of hydrogen-bond acceptors (Lipinski definition) is 9. The molecule has 13 nitrogen and oxygen atoms in total. The molecule has 4 rings (SSSR count). The van der Waals surface area contributed by atoms with Crippen LogP contribution < -0.4 is 10.6 Å². The average molecular weight is 935 g/mol. The summed E-state index contributed by atoms with van der Waals surface area (Å²) in [6, 6.07) is 12.7. The Kier molecular flexibility index (Phi) is 19.5. The molecule has 0 bridgehead atoms. The van der Waals surface area contributed by atoms with Crippen molar-refractivity contribution in [1.29, 1.82) is 0 Å². The van der Waals surface area contributed by atoms with Crippen molar-refractivity contribution in [3.63, 3.8) is 0 Å². The van der Waals surface area contributed by atoms with Gasteiger partial charge in [-0.3, -0.25) is 33.6 Å². The molecule has 2 aliphatic rings. The number of nitrogens with one attached hydrogen (secondary N) is 2. The number of nitrogens with zero attached hydrogens (tertiary/aromatic N) is 2. The third-order valence-corrected chi connectivity index (χ3v) is 13.0. The third kappa shape index (κ3) is 14.8. The molecule has 6 atom stereocenters. The summed E-state index contributed by atoms with van der Waals surface area (Å²) in [6.45, 7) is 16.1. The van der Waals surface area contributed by atoms with Crippen LogP contribution in [0.25, 0.3) is 0 Å². The van der Waals surface area contributed by atoms with Crippen molar-refractivity contribution in [1.82, 2.24) is 20.4 Å². The van der Waals surface area contributed by atoms with Crippen LogP contribution in [0.4, 0.5) is 13.6 Å². The summed E-state index contributed by atoms with van der Waals surface area (Å²) in [5.41, 5.74) is 2.14. The van der Waals surface area contributed by atoms with E-state index in [4.69, 9.17) is 4.74 Å². The van der Waals surface area contributed by atoms with E-state index in [0.717, 1.165) is 11.1 Å². The zero-order valence-electron chi connectivity index (χ0n) is 40.8. The van der Waals surface area contributed by atoms with E-state index in [1.807, 2.05) is 45.0 Å². The molecule has 2 aromatic rings. The Balaban J connectivity index is 1.54. The highest BCUT2D eigenvalue weighted by Gasteiger charge is 2.52. The van der Waals surface area contributed by atoms with E-state index < -0.39 is 95.1 Å². The summed E-state index contributed by atoms with van der Waals surface area (Å²) in [7, 11) is 0. The van der Waals surface area contributed by atoms with Gasteiger partial charge in [0, 0.05) is 62.4 Å². The van der Waals surface area contributed by atoms with Gasteiger partial charge in [-0.25, -0.2) is 4.79 Å². The maximum absolute atomic E-state index is 15.8. The van der Waals surface area contributed by atoms with Crippen LogP contribution in [0.15, 0.2) is 54.6 Å². The highest BCUT2D eigenvalue weighted by molar-refractivity contribution is 6.09. The normalized spacial score (nSPS) is 18.1. The average Bonchev–Trinajstić information content (AvgIpc) is 3.71. The second-order valence-corrected chi connectivity index (χ2v) is 20.1. The number of likely N-dealkylation sites (tertiary alicyclic amines) is 1. The molecule has 0 unspecified atom stereocenters. The molecule has 2 N–H and O–H groups in total. The molecule has 0 radical (unpaired) electrons. The van der Waals surface area contributed by atoms with Crippen molar-refractivity contribution in [2.75, 3.05) is 13.1 Å². The van der Waals surface area contributed by atoms with Crippen LogP contribution in [0, 0.1) is 29.1 Å². The molecular formula is C52H72F2N4O9. The van der Waals surface area contributed by atoms with Gasteiger partial charge in [0.05, 0.1) is 18.6 Å². The van der Waals surface area contributed by atoms with Crippen LogP contribution in [0.5, 0.6) is 0 Å². The molecule has 1 saturated heterocycles. The first-order valence-electron chi connectivity index (χ1n) is 23.9. The van der Waals surface area contributed by atoms with Crippen molar-refractivity contribution in [3.8, 4) is 0 Å². The first kappa shape index (κ1) is 54.3. The molecule has 1 fully saturated rings. The number of benzene rings is 2. The van der Waals surface area contributed by atoms with Crippen LogP contribution in [0.3, 0.4) is 0 Å². The monoisotopic (exact) mass is 935 g/mol. The zero-order valence-corrected chi connectivity index (χ0v) is 40.8. The van der Waals surface area contributed by atoms with E-state index >= 15 is 8.78 Å². The number of carbonyl (C=O) groups excluding carboxylic acids is 8. The molecule has 2 aliphatic heterocycles. The lowest BCUT2D eigenvalue weighted by Crippen LogP contribution is -2.55. The number of ether oxygens (including phenoxy) is 1. The summed E-state index contributed by atoms with van der Waals surface area (Å²) in [6.07, 6.45) is -0.405. The molecule has 2 aromatic carbocycles. The van der Waals surface area contributed by atoms with Gasteiger partial charge in [-0.1, -0.05) is 116 Å². The van der Waals surface area contributed by atoms with Crippen molar-refractivity contribution in [2.24, 2.45) is 29.1 Å². The molecule has 67 heavy (non-hydrogen) atoms. The Labute approximate surface area is 394 Å². The molecule has 0 saturated carbocycles. The summed E-state index contributed by atoms with van der Waals surface area (Å²) in [4.78, 5) is 112. The topological polar surface area (TPSA) is 176 Å². The zero-order chi connectivity index (χ0) is 49.8. The van der Waals surface area contributed by atoms with Crippen LogP contribution >= 0.6 is 0 Å². The Morgan fingerprint density at radius 3 is 2.04 bits per heavy atom. The number of alkyl halides is 2. The van der Waals surface area contributed by atoms with E-state index in [0.29, 0.717) is 37.8 Å². The summed E-state index contributed by atoms with van der Waals surface area (Å²) < 4.78 is 37.5. The van der Waals surface area contributed by atoms with E-state index in [9.17, 15) is 38.4 Å². The summed E-state index contributed by atoms with van der Waals surface area (Å²) in [5.74, 6) is -13.2. The predicted molar refractivity (Wildman–Crippen MR) is 250 cm³/mol. The smallest absolute Gasteiger partial charge is 0.410 e. The van der Waals surface area contributed by atoms with Gasteiger partial charge in [0.2, 0.25) is 17.6 Å². The second-order valence-electron chi connectivity index (χ2n) is 20.1. The number of Topliss-reactive ketones (excluding diaryl/α,β-unsaturated/α-hetero) is 4. The number of unbranched alkanes of at least 4 members (excludes halogenated alkanes) is 1. The minimum absolute atomic E-state index is 0.0831. The quantitative estimate of drug-likeness (QED) is 0.0823. The molecule has 2 heterocycles. The Morgan fingerprint density at radius 1 is 0.806 bits per heavy atom. The maximum Gasteiger partial charge on any atom is 0.410 e. The standard InChI is InChI=1S/C52H72F2N4O9/c1-10-18-37(46(62)52(53,54)49(65)55-34(6)35-19-12-11-13-20-35)27-43(60)42-29-40(67-50(66)57-26-25-36-21-14-15-22-38(36)30-57)31-58(42)48(64)45(33(4)5)56-47(63)41(32(2)3)28-39(59)23-16-17-24-44(61)51(7,8)9/h11-15,19-22,32-34,37,40-42,45H,10,16-18,23-31H2,1-9H3,(H,55,65)(H,56,63)/t34-,37+,40+,41-,42-,45-/m0/s1. The lowest BCUT2D eigenvalue weighted by molar-refractivity contribution is -0.162. The number of rotatable bonds is 23.